The average Bonchev–Trinajstić information content (AvgIpc) is 3.26. The average molecular weight is 293 g/mol. The summed E-state index contributed by atoms with van der Waals surface area (Å²) in [6, 6.07) is 0.543. The standard InChI is InChI=1S/C15H23N3OS/c16-9-13-14(10-5-6-10)17-15(20-13)18-7-8-19-12-4-2-1-3-11(12)18/h10-12H,1-9,16H2. The number of anilines is 1. The third-order valence-electron chi connectivity index (χ3n) is 4.84. The van der Waals surface area contributed by atoms with Crippen LogP contribution in [0.1, 0.15) is 55.0 Å². The van der Waals surface area contributed by atoms with Gasteiger partial charge in [-0.1, -0.05) is 12.8 Å². The van der Waals surface area contributed by atoms with E-state index in [4.69, 9.17) is 15.5 Å². The van der Waals surface area contributed by atoms with Crippen molar-refractivity contribution in [3.63, 3.8) is 0 Å². The van der Waals surface area contributed by atoms with Gasteiger partial charge in [-0.3, -0.25) is 0 Å². The Balaban J connectivity index is 1.62. The van der Waals surface area contributed by atoms with Crippen LogP contribution in [0.5, 0.6) is 0 Å². The molecule has 4 rings (SSSR count). The number of morpholine rings is 1. The summed E-state index contributed by atoms with van der Waals surface area (Å²) >= 11 is 1.82. The Morgan fingerprint density at radius 1 is 1.25 bits per heavy atom. The fourth-order valence-corrected chi connectivity index (χ4v) is 4.74. The first kappa shape index (κ1) is 13.0. The van der Waals surface area contributed by atoms with E-state index in [1.807, 2.05) is 11.3 Å². The van der Waals surface area contributed by atoms with E-state index in [1.54, 1.807) is 0 Å². The van der Waals surface area contributed by atoms with Gasteiger partial charge >= 0.3 is 0 Å². The number of thiazole rings is 1. The summed E-state index contributed by atoms with van der Waals surface area (Å²) in [5.41, 5.74) is 7.22. The highest BCUT2D eigenvalue weighted by Crippen LogP contribution is 2.45. The quantitative estimate of drug-likeness (QED) is 0.931. The zero-order valence-corrected chi connectivity index (χ0v) is 12.7. The van der Waals surface area contributed by atoms with E-state index >= 15 is 0 Å². The van der Waals surface area contributed by atoms with Gasteiger partial charge in [0, 0.05) is 23.9 Å². The summed E-state index contributed by atoms with van der Waals surface area (Å²) in [5, 5.41) is 1.20. The molecule has 1 saturated heterocycles. The molecule has 2 atom stereocenters. The van der Waals surface area contributed by atoms with E-state index in [1.165, 1.54) is 54.2 Å². The van der Waals surface area contributed by atoms with Crippen molar-refractivity contribution in [2.45, 2.75) is 63.1 Å². The van der Waals surface area contributed by atoms with E-state index in [9.17, 15) is 0 Å². The van der Waals surface area contributed by atoms with E-state index in [2.05, 4.69) is 4.90 Å². The number of ether oxygens (including phenoxy) is 1. The van der Waals surface area contributed by atoms with Crippen LogP contribution in [-0.4, -0.2) is 30.3 Å². The summed E-state index contributed by atoms with van der Waals surface area (Å²) in [7, 11) is 0. The van der Waals surface area contributed by atoms with E-state index in [-0.39, 0.29) is 0 Å². The minimum absolute atomic E-state index is 0.423. The van der Waals surface area contributed by atoms with Crippen LogP contribution < -0.4 is 10.6 Å². The highest BCUT2D eigenvalue weighted by atomic mass is 32.1. The van der Waals surface area contributed by atoms with Gasteiger partial charge in [0.15, 0.2) is 5.13 Å². The number of nitrogens with two attached hydrogens (primary N) is 1. The summed E-state index contributed by atoms with van der Waals surface area (Å²) in [4.78, 5) is 8.79. The van der Waals surface area contributed by atoms with Crippen LogP contribution in [-0.2, 0) is 11.3 Å². The van der Waals surface area contributed by atoms with Gasteiger partial charge in [-0.15, -0.1) is 11.3 Å². The fraction of sp³-hybridized carbons (Fsp3) is 0.800. The van der Waals surface area contributed by atoms with Crippen LogP contribution in [0.2, 0.25) is 0 Å². The highest BCUT2D eigenvalue weighted by molar-refractivity contribution is 7.15. The second-order valence-corrected chi connectivity index (χ2v) is 7.30. The van der Waals surface area contributed by atoms with E-state index in [0.29, 0.717) is 24.6 Å². The molecule has 1 aromatic rings. The molecular weight excluding hydrogens is 270 g/mol. The Kier molecular flexibility index (Phi) is 3.44. The number of hydrogen-bond acceptors (Lipinski definition) is 5. The van der Waals surface area contributed by atoms with Crippen LogP contribution in [0.25, 0.3) is 0 Å². The largest absolute Gasteiger partial charge is 0.374 e. The molecule has 1 aliphatic heterocycles. The molecular formula is C15H23N3OS. The van der Waals surface area contributed by atoms with Crippen LogP contribution >= 0.6 is 11.3 Å². The molecule has 4 nitrogen and oxygen atoms in total. The lowest BCUT2D eigenvalue weighted by atomic mass is 9.90. The van der Waals surface area contributed by atoms with Crippen molar-refractivity contribution in [2.75, 3.05) is 18.1 Å². The van der Waals surface area contributed by atoms with Crippen molar-refractivity contribution >= 4 is 16.5 Å². The number of nitrogens with zero attached hydrogens (tertiary/aromatic N) is 2. The van der Waals surface area contributed by atoms with Gasteiger partial charge in [0.2, 0.25) is 0 Å². The molecule has 3 aliphatic rings. The molecule has 2 aliphatic carbocycles. The van der Waals surface area contributed by atoms with E-state index in [0.717, 1.165) is 13.2 Å². The van der Waals surface area contributed by atoms with Crippen LogP contribution in [0.15, 0.2) is 0 Å². The molecule has 3 fully saturated rings. The first-order valence-corrected chi connectivity index (χ1v) is 8.76. The van der Waals surface area contributed by atoms with Crippen LogP contribution in [0.3, 0.4) is 0 Å². The van der Waals surface area contributed by atoms with Gasteiger partial charge in [-0.05, 0) is 25.7 Å². The first-order valence-electron chi connectivity index (χ1n) is 7.94. The molecule has 5 heteroatoms. The Morgan fingerprint density at radius 2 is 2.10 bits per heavy atom. The fourth-order valence-electron chi connectivity index (χ4n) is 3.63. The highest BCUT2D eigenvalue weighted by Gasteiger charge is 2.37. The lowest BCUT2D eigenvalue weighted by Crippen LogP contribution is -2.52. The molecule has 20 heavy (non-hydrogen) atoms. The smallest absolute Gasteiger partial charge is 0.186 e. The molecule has 0 radical (unpaired) electrons. The zero-order chi connectivity index (χ0) is 13.5. The molecule has 2 saturated carbocycles. The number of aromatic nitrogens is 1. The number of fused-ring (bicyclic) bond motifs is 1. The van der Waals surface area contributed by atoms with Gasteiger partial charge in [-0.2, -0.15) is 0 Å². The molecule has 0 spiro atoms. The lowest BCUT2D eigenvalue weighted by molar-refractivity contribution is -0.00869. The third kappa shape index (κ3) is 2.26. The summed E-state index contributed by atoms with van der Waals surface area (Å²) in [6.07, 6.45) is 8.12. The lowest BCUT2D eigenvalue weighted by Gasteiger charge is -2.43. The second-order valence-electron chi connectivity index (χ2n) is 6.24. The maximum atomic E-state index is 5.97. The monoisotopic (exact) mass is 293 g/mol. The van der Waals surface area contributed by atoms with Crippen molar-refractivity contribution in [3.05, 3.63) is 10.6 Å². The molecule has 2 heterocycles. The SMILES string of the molecule is NCc1sc(N2CCOC3CCCCC32)nc1C1CC1. The Hall–Kier alpha value is -0.650. The van der Waals surface area contributed by atoms with Crippen molar-refractivity contribution in [2.24, 2.45) is 5.73 Å². The van der Waals surface area contributed by atoms with Crippen molar-refractivity contribution in [3.8, 4) is 0 Å². The topological polar surface area (TPSA) is 51.4 Å². The maximum Gasteiger partial charge on any atom is 0.186 e. The molecule has 2 N–H and O–H groups in total. The molecule has 0 amide bonds. The van der Waals surface area contributed by atoms with Crippen molar-refractivity contribution < 1.29 is 4.74 Å². The van der Waals surface area contributed by atoms with Gasteiger partial charge in [0.25, 0.3) is 0 Å². The van der Waals surface area contributed by atoms with Gasteiger partial charge in [0.1, 0.15) is 0 Å². The molecule has 2 unspecified atom stereocenters. The second kappa shape index (κ2) is 5.28. The van der Waals surface area contributed by atoms with Gasteiger partial charge in [-0.25, -0.2) is 4.98 Å². The number of hydrogen-bond donors (Lipinski definition) is 1. The minimum Gasteiger partial charge on any atom is -0.374 e. The zero-order valence-electron chi connectivity index (χ0n) is 11.9. The Bertz CT molecular complexity index is 483. The van der Waals surface area contributed by atoms with Crippen molar-refractivity contribution in [1.29, 1.82) is 0 Å². The number of rotatable bonds is 3. The van der Waals surface area contributed by atoms with Gasteiger partial charge in [0.05, 0.1) is 24.4 Å². The van der Waals surface area contributed by atoms with Crippen molar-refractivity contribution in [1.82, 2.24) is 4.98 Å². The van der Waals surface area contributed by atoms with E-state index < -0.39 is 0 Å². The third-order valence-corrected chi connectivity index (χ3v) is 5.97. The predicted molar refractivity (Wildman–Crippen MR) is 81.3 cm³/mol. The first-order chi connectivity index (χ1) is 9.86. The summed E-state index contributed by atoms with van der Waals surface area (Å²) in [6.45, 7) is 2.47. The Morgan fingerprint density at radius 3 is 2.90 bits per heavy atom. The normalized spacial score (nSPS) is 30.4. The van der Waals surface area contributed by atoms with Crippen LogP contribution in [0.4, 0.5) is 5.13 Å². The maximum absolute atomic E-state index is 5.97. The summed E-state index contributed by atoms with van der Waals surface area (Å²) in [5.74, 6) is 0.696. The summed E-state index contributed by atoms with van der Waals surface area (Å²) < 4.78 is 5.97. The molecule has 1 aromatic heterocycles. The Labute approximate surface area is 124 Å². The molecule has 110 valence electrons. The van der Waals surface area contributed by atoms with Crippen LogP contribution in [0, 0.1) is 0 Å². The van der Waals surface area contributed by atoms with Gasteiger partial charge < -0.3 is 15.4 Å². The molecule has 0 bridgehead atoms. The molecule has 0 aromatic carbocycles. The minimum atomic E-state index is 0.423. The predicted octanol–water partition coefficient (Wildman–Crippen LogP) is 2.63.